The van der Waals surface area contributed by atoms with Gasteiger partial charge in [-0.15, -0.1) is 0 Å². The van der Waals surface area contributed by atoms with E-state index in [-0.39, 0.29) is 11.9 Å². The second kappa shape index (κ2) is 4.97. The molecule has 2 aromatic rings. The van der Waals surface area contributed by atoms with Gasteiger partial charge in [0.2, 0.25) is 0 Å². The van der Waals surface area contributed by atoms with Crippen LogP contribution in [0.25, 0.3) is 11.0 Å². The van der Waals surface area contributed by atoms with Crippen LogP contribution in [0.15, 0.2) is 18.3 Å². The van der Waals surface area contributed by atoms with Gasteiger partial charge >= 0.3 is 0 Å². The molecule has 0 atom stereocenters. The highest BCUT2D eigenvalue weighted by atomic mass is 16.2. The number of fused-ring (bicyclic) bond motifs is 1. The number of hydrogen-bond acceptors (Lipinski definition) is 4. The van der Waals surface area contributed by atoms with E-state index in [1.54, 1.807) is 6.20 Å². The second-order valence-corrected chi connectivity index (χ2v) is 5.02. The van der Waals surface area contributed by atoms with Crippen LogP contribution in [0, 0.1) is 0 Å². The molecule has 2 aromatic heterocycles. The molecule has 6 heteroatoms. The van der Waals surface area contributed by atoms with Crippen LogP contribution in [0.3, 0.4) is 0 Å². The van der Waals surface area contributed by atoms with E-state index >= 15 is 0 Å². The summed E-state index contributed by atoms with van der Waals surface area (Å²) in [5, 5.41) is 10.7. The maximum atomic E-state index is 12.2. The molecule has 1 fully saturated rings. The number of pyridine rings is 1. The van der Waals surface area contributed by atoms with Crippen molar-refractivity contribution in [2.75, 3.05) is 20.1 Å². The monoisotopic (exact) mass is 259 g/mol. The molecule has 0 bridgehead atoms. The normalized spacial score (nSPS) is 17.7. The Morgan fingerprint density at radius 3 is 3.05 bits per heavy atom. The Balaban J connectivity index is 1.73. The molecule has 6 nitrogen and oxygen atoms in total. The topological polar surface area (TPSA) is 73.9 Å². The zero-order valence-electron chi connectivity index (χ0n) is 10.9. The van der Waals surface area contributed by atoms with E-state index in [2.05, 4.69) is 32.4 Å². The van der Waals surface area contributed by atoms with Gasteiger partial charge in [-0.3, -0.25) is 9.89 Å². The van der Waals surface area contributed by atoms with Gasteiger partial charge in [-0.2, -0.15) is 5.10 Å². The molecule has 0 aliphatic carbocycles. The van der Waals surface area contributed by atoms with Crippen molar-refractivity contribution < 1.29 is 4.79 Å². The van der Waals surface area contributed by atoms with Gasteiger partial charge < -0.3 is 10.2 Å². The van der Waals surface area contributed by atoms with Gasteiger partial charge in [0.05, 0.1) is 5.39 Å². The first-order valence-electron chi connectivity index (χ1n) is 6.52. The molecule has 0 spiro atoms. The van der Waals surface area contributed by atoms with Crippen molar-refractivity contribution in [2.24, 2.45) is 0 Å². The van der Waals surface area contributed by atoms with Crippen molar-refractivity contribution in [1.29, 1.82) is 0 Å². The van der Waals surface area contributed by atoms with E-state index in [1.807, 2.05) is 12.1 Å². The Bertz CT molecular complexity index is 585. The van der Waals surface area contributed by atoms with Gasteiger partial charge in [0.1, 0.15) is 0 Å². The third kappa shape index (κ3) is 2.44. The lowest BCUT2D eigenvalue weighted by atomic mass is 10.1. The zero-order valence-corrected chi connectivity index (χ0v) is 10.9. The molecule has 1 amide bonds. The zero-order chi connectivity index (χ0) is 13.2. The molecular weight excluding hydrogens is 242 g/mol. The highest BCUT2D eigenvalue weighted by Crippen LogP contribution is 2.14. The minimum absolute atomic E-state index is 0.117. The summed E-state index contributed by atoms with van der Waals surface area (Å²) >= 11 is 0. The van der Waals surface area contributed by atoms with Crippen LogP contribution in [0.4, 0.5) is 0 Å². The van der Waals surface area contributed by atoms with Crippen molar-refractivity contribution in [3.63, 3.8) is 0 Å². The molecular formula is C13H17N5O. The van der Waals surface area contributed by atoms with E-state index in [4.69, 9.17) is 0 Å². The van der Waals surface area contributed by atoms with E-state index < -0.39 is 0 Å². The highest BCUT2D eigenvalue weighted by molar-refractivity contribution is 6.03. The second-order valence-electron chi connectivity index (χ2n) is 5.02. The van der Waals surface area contributed by atoms with E-state index in [9.17, 15) is 4.79 Å². The number of nitrogens with zero attached hydrogens (tertiary/aromatic N) is 3. The first-order valence-corrected chi connectivity index (χ1v) is 6.52. The first-order chi connectivity index (χ1) is 9.24. The molecule has 1 saturated heterocycles. The lowest BCUT2D eigenvalue weighted by Crippen LogP contribution is -2.43. The number of piperidine rings is 1. The Morgan fingerprint density at radius 2 is 2.26 bits per heavy atom. The fraction of sp³-hybridized carbons (Fsp3) is 0.462. The number of carbonyl (C=O) groups excluding carboxylic acids is 1. The molecule has 0 saturated carbocycles. The SMILES string of the molecule is CN1CCC(NC(=O)c2n[nH]c3ncccc23)CC1. The largest absolute Gasteiger partial charge is 0.348 e. The van der Waals surface area contributed by atoms with Gasteiger partial charge in [-0.1, -0.05) is 0 Å². The number of carbonyl (C=O) groups is 1. The number of likely N-dealkylation sites (tertiary alicyclic amines) is 1. The summed E-state index contributed by atoms with van der Waals surface area (Å²) in [7, 11) is 2.10. The van der Waals surface area contributed by atoms with Crippen LogP contribution < -0.4 is 5.32 Å². The number of rotatable bonds is 2. The summed E-state index contributed by atoms with van der Waals surface area (Å²) in [5.74, 6) is -0.117. The number of aromatic nitrogens is 3. The molecule has 3 heterocycles. The minimum atomic E-state index is -0.117. The van der Waals surface area contributed by atoms with Gasteiger partial charge in [0.25, 0.3) is 5.91 Å². The summed E-state index contributed by atoms with van der Waals surface area (Å²) < 4.78 is 0. The van der Waals surface area contributed by atoms with Crippen LogP contribution in [0.5, 0.6) is 0 Å². The Morgan fingerprint density at radius 1 is 1.47 bits per heavy atom. The van der Waals surface area contributed by atoms with Crippen molar-refractivity contribution in [2.45, 2.75) is 18.9 Å². The van der Waals surface area contributed by atoms with Gasteiger partial charge in [-0.05, 0) is 45.1 Å². The Labute approximate surface area is 111 Å². The van der Waals surface area contributed by atoms with Crippen molar-refractivity contribution in [3.05, 3.63) is 24.0 Å². The summed E-state index contributed by atoms with van der Waals surface area (Å²) in [6, 6.07) is 3.91. The Hall–Kier alpha value is -1.95. The highest BCUT2D eigenvalue weighted by Gasteiger charge is 2.21. The molecule has 1 aliphatic heterocycles. The average molecular weight is 259 g/mol. The lowest BCUT2D eigenvalue weighted by molar-refractivity contribution is 0.0913. The summed E-state index contributed by atoms with van der Waals surface area (Å²) in [6.07, 6.45) is 3.66. The quantitative estimate of drug-likeness (QED) is 0.836. The van der Waals surface area contributed by atoms with Crippen LogP contribution in [-0.4, -0.2) is 52.2 Å². The van der Waals surface area contributed by atoms with E-state index in [0.29, 0.717) is 11.3 Å². The smallest absolute Gasteiger partial charge is 0.272 e. The summed E-state index contributed by atoms with van der Waals surface area (Å²) in [4.78, 5) is 18.6. The van der Waals surface area contributed by atoms with Gasteiger partial charge in [0.15, 0.2) is 11.3 Å². The number of amides is 1. The standard InChI is InChI=1S/C13H17N5O/c1-18-7-4-9(5-8-18)15-13(19)11-10-3-2-6-14-12(10)17-16-11/h2-3,6,9H,4-5,7-8H2,1H3,(H,15,19)(H,14,16,17). The lowest BCUT2D eigenvalue weighted by Gasteiger charge is -2.29. The summed E-state index contributed by atoms with van der Waals surface area (Å²) in [6.45, 7) is 2.04. The maximum Gasteiger partial charge on any atom is 0.272 e. The van der Waals surface area contributed by atoms with Gasteiger partial charge in [-0.25, -0.2) is 4.98 Å². The fourth-order valence-corrected chi connectivity index (χ4v) is 2.43. The van der Waals surface area contributed by atoms with Crippen molar-refractivity contribution >= 4 is 16.9 Å². The molecule has 1 aliphatic rings. The average Bonchev–Trinajstić information content (AvgIpc) is 2.85. The van der Waals surface area contributed by atoms with Crippen LogP contribution in [-0.2, 0) is 0 Å². The predicted octanol–water partition coefficient (Wildman–Crippen LogP) is 0.782. The number of nitrogens with one attached hydrogen (secondary N) is 2. The Kier molecular flexibility index (Phi) is 3.16. The minimum Gasteiger partial charge on any atom is -0.348 e. The molecule has 0 radical (unpaired) electrons. The number of hydrogen-bond donors (Lipinski definition) is 2. The van der Waals surface area contributed by atoms with Crippen molar-refractivity contribution in [3.8, 4) is 0 Å². The van der Waals surface area contributed by atoms with Crippen LogP contribution >= 0.6 is 0 Å². The molecule has 2 N–H and O–H groups in total. The van der Waals surface area contributed by atoms with Crippen LogP contribution in [0.2, 0.25) is 0 Å². The molecule has 0 aromatic carbocycles. The molecule has 100 valence electrons. The third-order valence-electron chi connectivity index (χ3n) is 3.61. The van der Waals surface area contributed by atoms with E-state index in [1.165, 1.54) is 0 Å². The predicted molar refractivity (Wildman–Crippen MR) is 71.9 cm³/mol. The molecule has 19 heavy (non-hydrogen) atoms. The fourth-order valence-electron chi connectivity index (χ4n) is 2.43. The summed E-state index contributed by atoms with van der Waals surface area (Å²) in [5.41, 5.74) is 1.08. The van der Waals surface area contributed by atoms with E-state index in [0.717, 1.165) is 31.3 Å². The maximum absolute atomic E-state index is 12.2. The van der Waals surface area contributed by atoms with Crippen LogP contribution in [0.1, 0.15) is 23.3 Å². The number of aromatic amines is 1. The van der Waals surface area contributed by atoms with Crippen molar-refractivity contribution in [1.82, 2.24) is 25.4 Å². The molecule has 3 rings (SSSR count). The third-order valence-corrected chi connectivity index (χ3v) is 3.61. The molecule has 0 unspecified atom stereocenters. The number of H-pyrrole nitrogens is 1. The van der Waals surface area contributed by atoms with Gasteiger partial charge in [0, 0.05) is 12.2 Å². The first kappa shape index (κ1) is 12.1.